The standard InChI is InChI=1S/C32H34BrN5O3/c1-34-28(29(33)30(39)38(34)26-11-7-4-8-12-26)22-35-19-17-32(18-20-35)31(40)36(21-24-13-15-27(41-2)16-14-24)23-37(32)25-9-5-3-6-10-25/h3-16H,17-23H2,1-2H3. The van der Waals surface area contributed by atoms with Gasteiger partial charge in [0.15, 0.2) is 0 Å². The molecule has 2 fully saturated rings. The predicted octanol–water partition coefficient (Wildman–Crippen LogP) is 4.79. The second-order valence-electron chi connectivity index (χ2n) is 10.8. The Labute approximate surface area is 248 Å². The molecule has 0 unspecified atom stereocenters. The number of ether oxygens (including phenoxy) is 1. The van der Waals surface area contributed by atoms with Crippen LogP contribution in [0.5, 0.6) is 5.75 Å². The van der Waals surface area contributed by atoms with E-state index in [2.05, 4.69) is 37.9 Å². The molecule has 3 aromatic carbocycles. The van der Waals surface area contributed by atoms with Crippen LogP contribution >= 0.6 is 15.9 Å². The molecule has 2 aliphatic rings. The normalized spacial score (nSPS) is 17.0. The van der Waals surface area contributed by atoms with Gasteiger partial charge in [-0.05, 0) is 70.7 Å². The summed E-state index contributed by atoms with van der Waals surface area (Å²) in [6, 6.07) is 27.9. The smallest absolute Gasteiger partial charge is 0.286 e. The molecule has 1 amide bonds. The van der Waals surface area contributed by atoms with E-state index in [4.69, 9.17) is 4.74 Å². The van der Waals surface area contributed by atoms with Crippen molar-refractivity contribution in [2.75, 3.05) is 31.8 Å². The summed E-state index contributed by atoms with van der Waals surface area (Å²) in [6.07, 6.45) is 1.43. The van der Waals surface area contributed by atoms with Crippen LogP contribution in [-0.4, -0.2) is 57.5 Å². The second-order valence-corrected chi connectivity index (χ2v) is 11.6. The maximum atomic E-state index is 14.2. The highest BCUT2D eigenvalue weighted by Crippen LogP contribution is 2.40. The molecular formula is C32H34BrN5O3. The first-order valence-electron chi connectivity index (χ1n) is 13.9. The van der Waals surface area contributed by atoms with Crippen molar-refractivity contribution in [1.29, 1.82) is 0 Å². The quantitative estimate of drug-likeness (QED) is 0.299. The zero-order chi connectivity index (χ0) is 28.6. The van der Waals surface area contributed by atoms with Crippen LogP contribution in [0.1, 0.15) is 24.1 Å². The third-order valence-corrected chi connectivity index (χ3v) is 9.29. The lowest BCUT2D eigenvalue weighted by Gasteiger charge is -2.43. The SMILES string of the molecule is COc1ccc(CN2CN(c3ccccc3)C3(CCN(Cc4c(Br)c(=O)n(-c5ccccc5)n4C)CC3)C2=O)cc1. The zero-order valence-corrected chi connectivity index (χ0v) is 25.0. The average Bonchev–Trinajstić information content (AvgIpc) is 3.39. The van der Waals surface area contributed by atoms with Crippen LogP contribution in [-0.2, 0) is 24.9 Å². The number of halogens is 1. The molecule has 4 aromatic rings. The van der Waals surface area contributed by atoms with E-state index in [0.29, 0.717) is 37.1 Å². The molecule has 1 spiro atoms. The number of hydrogen-bond donors (Lipinski definition) is 0. The minimum absolute atomic E-state index is 0.0717. The first-order valence-corrected chi connectivity index (χ1v) is 14.7. The van der Waals surface area contributed by atoms with Crippen molar-refractivity contribution in [1.82, 2.24) is 19.2 Å². The maximum absolute atomic E-state index is 14.2. The Bertz CT molecular complexity index is 1580. The van der Waals surface area contributed by atoms with Crippen molar-refractivity contribution in [2.45, 2.75) is 31.5 Å². The van der Waals surface area contributed by atoms with Crippen molar-refractivity contribution in [3.05, 3.63) is 111 Å². The summed E-state index contributed by atoms with van der Waals surface area (Å²) in [5.41, 5.74) is 3.23. The zero-order valence-electron chi connectivity index (χ0n) is 23.4. The fourth-order valence-corrected chi connectivity index (χ4v) is 6.76. The van der Waals surface area contributed by atoms with E-state index in [1.165, 1.54) is 0 Å². The minimum Gasteiger partial charge on any atom is -0.497 e. The number of anilines is 1. The van der Waals surface area contributed by atoms with Crippen LogP contribution in [0.2, 0.25) is 0 Å². The Morgan fingerprint density at radius 1 is 0.829 bits per heavy atom. The number of carbonyl (C=O) groups excluding carboxylic acids is 1. The number of para-hydroxylation sites is 2. The highest BCUT2D eigenvalue weighted by atomic mass is 79.9. The van der Waals surface area contributed by atoms with E-state index in [1.807, 2.05) is 89.4 Å². The van der Waals surface area contributed by atoms with Gasteiger partial charge in [0.25, 0.3) is 5.56 Å². The molecule has 0 atom stereocenters. The number of benzene rings is 3. The van der Waals surface area contributed by atoms with Crippen molar-refractivity contribution >= 4 is 27.5 Å². The summed E-state index contributed by atoms with van der Waals surface area (Å²) in [6.45, 7) is 3.23. The Balaban J connectivity index is 1.23. The predicted molar refractivity (Wildman–Crippen MR) is 163 cm³/mol. The van der Waals surface area contributed by atoms with Gasteiger partial charge in [-0.3, -0.25) is 19.2 Å². The molecular weight excluding hydrogens is 582 g/mol. The second kappa shape index (κ2) is 11.2. The first kappa shape index (κ1) is 27.4. The Kier molecular flexibility index (Phi) is 7.48. The van der Waals surface area contributed by atoms with E-state index < -0.39 is 5.54 Å². The lowest BCUT2D eigenvalue weighted by atomic mass is 9.85. The van der Waals surface area contributed by atoms with Crippen molar-refractivity contribution in [3.63, 3.8) is 0 Å². The number of rotatable bonds is 7. The van der Waals surface area contributed by atoms with Crippen molar-refractivity contribution in [2.24, 2.45) is 7.05 Å². The van der Waals surface area contributed by atoms with Gasteiger partial charge in [0.05, 0.1) is 25.2 Å². The summed E-state index contributed by atoms with van der Waals surface area (Å²) < 4.78 is 9.51. The number of nitrogens with zero attached hydrogens (tertiary/aromatic N) is 5. The summed E-state index contributed by atoms with van der Waals surface area (Å²) in [5.74, 6) is 0.986. The van der Waals surface area contributed by atoms with Crippen LogP contribution in [0.3, 0.4) is 0 Å². The topological polar surface area (TPSA) is 63.0 Å². The van der Waals surface area contributed by atoms with Crippen molar-refractivity contribution in [3.8, 4) is 11.4 Å². The molecule has 1 aromatic heterocycles. The largest absolute Gasteiger partial charge is 0.497 e. The van der Waals surface area contributed by atoms with Crippen LogP contribution < -0.4 is 15.2 Å². The fourth-order valence-electron chi connectivity index (χ4n) is 6.21. The van der Waals surface area contributed by atoms with Gasteiger partial charge in [0, 0.05) is 38.9 Å². The summed E-state index contributed by atoms with van der Waals surface area (Å²) in [4.78, 5) is 33.9. The molecule has 2 saturated heterocycles. The third kappa shape index (κ3) is 4.97. The van der Waals surface area contributed by atoms with E-state index in [0.717, 1.165) is 41.5 Å². The van der Waals surface area contributed by atoms with Crippen LogP contribution in [0.4, 0.5) is 5.69 Å². The van der Waals surface area contributed by atoms with Crippen LogP contribution in [0, 0.1) is 0 Å². The summed E-state index contributed by atoms with van der Waals surface area (Å²) in [5, 5.41) is 0. The van der Waals surface area contributed by atoms with Crippen molar-refractivity contribution < 1.29 is 9.53 Å². The molecule has 0 saturated carbocycles. The molecule has 2 aliphatic heterocycles. The van der Waals surface area contributed by atoms with E-state index >= 15 is 0 Å². The molecule has 3 heterocycles. The highest BCUT2D eigenvalue weighted by molar-refractivity contribution is 9.10. The average molecular weight is 617 g/mol. The Hall–Kier alpha value is -3.82. The summed E-state index contributed by atoms with van der Waals surface area (Å²) >= 11 is 3.58. The lowest BCUT2D eigenvalue weighted by molar-refractivity contribution is -0.134. The molecule has 6 rings (SSSR count). The number of amides is 1. The first-order chi connectivity index (χ1) is 19.9. The van der Waals surface area contributed by atoms with E-state index in [1.54, 1.807) is 11.8 Å². The van der Waals surface area contributed by atoms with Gasteiger partial charge in [-0.1, -0.05) is 48.5 Å². The van der Waals surface area contributed by atoms with Gasteiger partial charge in [0.2, 0.25) is 5.91 Å². The Morgan fingerprint density at radius 2 is 1.44 bits per heavy atom. The molecule has 0 N–H and O–H groups in total. The van der Waals surface area contributed by atoms with E-state index in [9.17, 15) is 9.59 Å². The number of piperidine rings is 1. The van der Waals surface area contributed by atoms with Gasteiger partial charge in [-0.2, -0.15) is 0 Å². The van der Waals surface area contributed by atoms with Crippen LogP contribution in [0.15, 0.2) is 94.2 Å². The highest BCUT2D eigenvalue weighted by Gasteiger charge is 2.53. The van der Waals surface area contributed by atoms with Gasteiger partial charge in [0.1, 0.15) is 15.8 Å². The number of carbonyl (C=O) groups is 1. The Morgan fingerprint density at radius 3 is 2.05 bits per heavy atom. The fraction of sp³-hybridized carbons (Fsp3) is 0.312. The van der Waals surface area contributed by atoms with Gasteiger partial charge < -0.3 is 14.5 Å². The lowest BCUT2D eigenvalue weighted by Crippen LogP contribution is -2.56. The van der Waals surface area contributed by atoms with Gasteiger partial charge in [-0.15, -0.1) is 0 Å². The summed E-state index contributed by atoms with van der Waals surface area (Å²) in [7, 11) is 3.58. The van der Waals surface area contributed by atoms with E-state index in [-0.39, 0.29) is 11.5 Å². The molecule has 212 valence electrons. The molecule has 8 nitrogen and oxygen atoms in total. The molecule has 0 aliphatic carbocycles. The number of aromatic nitrogens is 2. The molecule has 41 heavy (non-hydrogen) atoms. The van der Waals surface area contributed by atoms with Gasteiger partial charge >= 0.3 is 0 Å². The minimum atomic E-state index is -0.594. The molecule has 0 bridgehead atoms. The monoisotopic (exact) mass is 615 g/mol. The number of likely N-dealkylation sites (tertiary alicyclic amines) is 1. The van der Waals surface area contributed by atoms with Crippen LogP contribution in [0.25, 0.3) is 5.69 Å². The molecule has 0 radical (unpaired) electrons. The molecule has 9 heteroatoms. The number of methoxy groups -OCH3 is 1. The number of hydrogen-bond acceptors (Lipinski definition) is 5. The third-order valence-electron chi connectivity index (χ3n) is 8.50. The maximum Gasteiger partial charge on any atom is 0.286 e. The van der Waals surface area contributed by atoms with Gasteiger partial charge in [-0.25, -0.2) is 4.68 Å².